The minimum absolute atomic E-state index is 0.207. The van der Waals surface area contributed by atoms with Crippen LogP contribution in [0.25, 0.3) is 5.69 Å². The highest BCUT2D eigenvalue weighted by atomic mass is 32.1. The quantitative estimate of drug-likeness (QED) is 0.670. The molecule has 1 amide bonds. The largest absolute Gasteiger partial charge is 0.383 e. The molecule has 0 fully saturated rings. The van der Waals surface area contributed by atoms with Gasteiger partial charge in [0.2, 0.25) is 0 Å². The van der Waals surface area contributed by atoms with E-state index in [0.29, 0.717) is 21.2 Å². The van der Waals surface area contributed by atoms with Crippen molar-refractivity contribution in [3.8, 4) is 5.69 Å². The number of carbonyl (C=O) groups is 1. The Bertz CT molecular complexity index is 971. The van der Waals surface area contributed by atoms with Crippen LogP contribution in [0.3, 0.4) is 0 Å². The van der Waals surface area contributed by atoms with Crippen molar-refractivity contribution in [3.05, 3.63) is 74.1 Å². The normalized spacial score (nSPS) is 10.6. The highest BCUT2D eigenvalue weighted by molar-refractivity contribution is 7.73. The lowest BCUT2D eigenvalue weighted by atomic mass is 10.1. The number of hydrogen-bond acceptors (Lipinski definition) is 4. The van der Waals surface area contributed by atoms with Crippen LogP contribution >= 0.6 is 23.6 Å². The summed E-state index contributed by atoms with van der Waals surface area (Å²) in [6.07, 6.45) is 0. The lowest BCUT2D eigenvalue weighted by Gasteiger charge is -2.09. The van der Waals surface area contributed by atoms with E-state index in [9.17, 15) is 4.79 Å². The Balaban J connectivity index is 1.85. The maximum atomic E-state index is 12.5. The number of para-hydroxylation sites is 1. The molecule has 1 aromatic heterocycles. The summed E-state index contributed by atoms with van der Waals surface area (Å²) in [6, 6.07) is 15.9. The van der Waals surface area contributed by atoms with Crippen LogP contribution < -0.4 is 11.1 Å². The number of benzene rings is 2. The van der Waals surface area contributed by atoms with Gasteiger partial charge in [0, 0.05) is 6.54 Å². The van der Waals surface area contributed by atoms with Gasteiger partial charge in [0.25, 0.3) is 5.91 Å². The van der Waals surface area contributed by atoms with E-state index < -0.39 is 0 Å². The number of hydrogen-bond donors (Lipinski definition) is 2. The molecule has 3 aromatic rings. The number of aryl methyl sites for hydroxylation is 2. The Morgan fingerprint density at radius 3 is 2.52 bits per heavy atom. The lowest BCUT2D eigenvalue weighted by molar-refractivity contribution is 0.0955. The molecule has 3 N–H and O–H groups in total. The maximum Gasteiger partial charge on any atom is 0.265 e. The van der Waals surface area contributed by atoms with E-state index in [-0.39, 0.29) is 5.91 Å². The second-order valence-corrected chi connectivity index (χ2v) is 7.52. The monoisotopic (exact) mass is 369 g/mol. The Morgan fingerprint density at radius 2 is 1.84 bits per heavy atom. The molecule has 3 rings (SSSR count). The molecular weight excluding hydrogens is 350 g/mol. The van der Waals surface area contributed by atoms with E-state index in [1.807, 2.05) is 62.4 Å². The van der Waals surface area contributed by atoms with E-state index >= 15 is 0 Å². The molecule has 0 spiro atoms. The van der Waals surface area contributed by atoms with E-state index in [0.717, 1.165) is 16.8 Å². The van der Waals surface area contributed by atoms with Gasteiger partial charge in [-0.2, -0.15) is 0 Å². The molecule has 4 nitrogen and oxygen atoms in total. The van der Waals surface area contributed by atoms with Gasteiger partial charge in [0.05, 0.1) is 5.69 Å². The molecule has 6 heteroatoms. The van der Waals surface area contributed by atoms with Crippen molar-refractivity contribution in [1.29, 1.82) is 0 Å². The van der Waals surface area contributed by atoms with Crippen molar-refractivity contribution in [2.24, 2.45) is 0 Å². The van der Waals surface area contributed by atoms with Crippen molar-refractivity contribution in [1.82, 2.24) is 9.88 Å². The summed E-state index contributed by atoms with van der Waals surface area (Å²) in [7, 11) is 0. The molecule has 25 heavy (non-hydrogen) atoms. The summed E-state index contributed by atoms with van der Waals surface area (Å²) in [5.41, 5.74) is 10.4. The highest BCUT2D eigenvalue weighted by Crippen LogP contribution is 2.27. The van der Waals surface area contributed by atoms with Crippen LogP contribution in [-0.4, -0.2) is 10.5 Å². The second kappa shape index (κ2) is 7.21. The van der Waals surface area contributed by atoms with Crippen LogP contribution in [0.4, 0.5) is 5.82 Å². The smallest absolute Gasteiger partial charge is 0.265 e. The Labute approximate surface area is 155 Å². The van der Waals surface area contributed by atoms with Crippen molar-refractivity contribution in [3.63, 3.8) is 0 Å². The van der Waals surface area contributed by atoms with Gasteiger partial charge in [-0.25, -0.2) is 0 Å². The predicted molar refractivity (Wildman–Crippen MR) is 106 cm³/mol. The zero-order valence-corrected chi connectivity index (χ0v) is 15.7. The molecule has 0 aliphatic rings. The van der Waals surface area contributed by atoms with Gasteiger partial charge in [-0.3, -0.25) is 9.36 Å². The summed E-state index contributed by atoms with van der Waals surface area (Å²) in [5, 5.41) is 2.91. The molecule has 0 atom stereocenters. The topological polar surface area (TPSA) is 60.0 Å². The number of anilines is 1. The molecule has 0 bridgehead atoms. The lowest BCUT2D eigenvalue weighted by Crippen LogP contribution is -2.23. The number of nitrogens with zero attached hydrogens (tertiary/aromatic N) is 1. The Morgan fingerprint density at radius 1 is 1.16 bits per heavy atom. The zero-order chi connectivity index (χ0) is 18.0. The predicted octanol–water partition coefficient (Wildman–Crippen LogP) is 4.40. The van der Waals surface area contributed by atoms with Crippen molar-refractivity contribution >= 4 is 35.3 Å². The number of nitrogens with one attached hydrogen (secondary N) is 1. The van der Waals surface area contributed by atoms with Crippen molar-refractivity contribution in [2.45, 2.75) is 20.4 Å². The molecule has 0 saturated carbocycles. The average molecular weight is 370 g/mol. The first-order valence-electron chi connectivity index (χ1n) is 7.88. The first-order valence-corrected chi connectivity index (χ1v) is 9.11. The minimum Gasteiger partial charge on any atom is -0.383 e. The molecule has 0 radical (unpaired) electrons. The van der Waals surface area contributed by atoms with Gasteiger partial charge in [-0.1, -0.05) is 59.4 Å². The van der Waals surface area contributed by atoms with Gasteiger partial charge in [-0.05, 0) is 43.3 Å². The summed E-state index contributed by atoms with van der Waals surface area (Å²) in [5.74, 6) is 0.173. The van der Waals surface area contributed by atoms with Gasteiger partial charge in [0.15, 0.2) is 3.95 Å². The Hall–Kier alpha value is -2.44. The first-order chi connectivity index (χ1) is 12.0. The molecule has 0 aliphatic heterocycles. The Kier molecular flexibility index (Phi) is 5.01. The third kappa shape index (κ3) is 3.65. The van der Waals surface area contributed by atoms with Crippen LogP contribution in [-0.2, 0) is 6.54 Å². The standard InChI is InChI=1S/C19H19N3OS2/c1-12-7-9-14(10-8-12)11-21-18(23)16-17(20)22(19(24)25-16)15-6-4-3-5-13(15)2/h3-10H,11,20H2,1-2H3,(H,21,23). The van der Waals surface area contributed by atoms with Gasteiger partial charge >= 0.3 is 0 Å². The third-order valence-corrected chi connectivity index (χ3v) is 5.37. The van der Waals surface area contributed by atoms with Gasteiger partial charge in [0.1, 0.15) is 10.7 Å². The molecule has 128 valence electrons. The zero-order valence-electron chi connectivity index (χ0n) is 14.1. The van der Waals surface area contributed by atoms with Gasteiger partial charge in [-0.15, -0.1) is 0 Å². The SMILES string of the molecule is Cc1ccc(CNC(=O)c2sc(=S)n(-c3ccccc3C)c2N)cc1. The summed E-state index contributed by atoms with van der Waals surface area (Å²) in [6.45, 7) is 4.48. The van der Waals surface area contributed by atoms with Crippen molar-refractivity contribution in [2.75, 3.05) is 5.73 Å². The van der Waals surface area contributed by atoms with Crippen LogP contribution in [0.2, 0.25) is 0 Å². The van der Waals surface area contributed by atoms with Crippen molar-refractivity contribution < 1.29 is 4.79 Å². The van der Waals surface area contributed by atoms with Crippen LogP contribution in [0.5, 0.6) is 0 Å². The number of amides is 1. The number of nitrogens with two attached hydrogens (primary N) is 1. The third-order valence-electron chi connectivity index (χ3n) is 3.98. The summed E-state index contributed by atoms with van der Waals surface area (Å²) >= 11 is 6.67. The van der Waals surface area contributed by atoms with Crippen LogP contribution in [0.15, 0.2) is 48.5 Å². The number of carbonyl (C=O) groups excluding carboxylic acids is 1. The molecule has 0 unspecified atom stereocenters. The fourth-order valence-corrected chi connectivity index (χ4v) is 3.83. The molecule has 0 saturated heterocycles. The van der Waals surface area contributed by atoms with E-state index in [1.165, 1.54) is 16.9 Å². The number of thiazole rings is 1. The maximum absolute atomic E-state index is 12.5. The molecular formula is C19H19N3OS2. The minimum atomic E-state index is -0.207. The summed E-state index contributed by atoms with van der Waals surface area (Å²) < 4.78 is 2.32. The number of nitrogen functional groups attached to an aromatic ring is 1. The number of rotatable bonds is 4. The fraction of sp³-hybridized carbons (Fsp3) is 0.158. The molecule has 2 aromatic carbocycles. The highest BCUT2D eigenvalue weighted by Gasteiger charge is 2.18. The van der Waals surface area contributed by atoms with Crippen LogP contribution in [0.1, 0.15) is 26.4 Å². The van der Waals surface area contributed by atoms with E-state index in [2.05, 4.69) is 5.32 Å². The average Bonchev–Trinajstić information content (AvgIpc) is 2.89. The molecule has 1 heterocycles. The fourth-order valence-electron chi connectivity index (χ4n) is 2.56. The first kappa shape index (κ1) is 17.4. The van der Waals surface area contributed by atoms with E-state index in [4.69, 9.17) is 18.0 Å². The van der Waals surface area contributed by atoms with Crippen LogP contribution in [0, 0.1) is 17.8 Å². The molecule has 0 aliphatic carbocycles. The van der Waals surface area contributed by atoms with E-state index in [1.54, 1.807) is 4.57 Å². The number of aromatic nitrogens is 1. The second-order valence-electron chi connectivity index (χ2n) is 5.87. The van der Waals surface area contributed by atoms with Gasteiger partial charge < -0.3 is 11.1 Å². The summed E-state index contributed by atoms with van der Waals surface area (Å²) in [4.78, 5) is 13.0.